The molecule has 0 atom stereocenters. The van der Waals surface area contributed by atoms with Gasteiger partial charge in [-0.3, -0.25) is 4.79 Å². The molecule has 0 aliphatic rings. The number of carbonyl (C=O) groups is 1. The molecule has 4 heteroatoms. The topological polar surface area (TPSA) is 57.5 Å². The summed E-state index contributed by atoms with van der Waals surface area (Å²) in [5.41, 5.74) is 1.23. The van der Waals surface area contributed by atoms with E-state index in [9.17, 15) is 15.0 Å². The van der Waals surface area contributed by atoms with Crippen LogP contribution in [-0.4, -0.2) is 16.0 Å². The number of hydrogen-bond donors (Lipinski definition) is 2. The first kappa shape index (κ1) is 13.4. The third-order valence-electron chi connectivity index (χ3n) is 2.56. The normalized spacial score (nSPS) is 10.8. The van der Waals surface area contributed by atoms with E-state index < -0.39 is 0 Å². The van der Waals surface area contributed by atoms with E-state index in [2.05, 4.69) is 15.9 Å². The van der Waals surface area contributed by atoms with Gasteiger partial charge in [0.2, 0.25) is 0 Å². The number of allylic oxidation sites excluding steroid dienone is 1. The van der Waals surface area contributed by atoms with E-state index in [-0.39, 0.29) is 17.3 Å². The second-order valence-corrected chi connectivity index (χ2v) is 4.87. The number of benzene rings is 2. The van der Waals surface area contributed by atoms with Gasteiger partial charge in [0.1, 0.15) is 0 Å². The molecule has 0 radical (unpaired) electrons. The summed E-state index contributed by atoms with van der Waals surface area (Å²) in [6.45, 7) is 0. The highest BCUT2D eigenvalue weighted by Crippen LogP contribution is 2.25. The van der Waals surface area contributed by atoms with Crippen LogP contribution in [-0.2, 0) is 0 Å². The molecular weight excluding hydrogens is 308 g/mol. The molecule has 2 aromatic carbocycles. The highest BCUT2D eigenvalue weighted by atomic mass is 79.9. The third-order valence-corrected chi connectivity index (χ3v) is 3.08. The van der Waals surface area contributed by atoms with Gasteiger partial charge >= 0.3 is 0 Å². The maximum absolute atomic E-state index is 11.9. The minimum Gasteiger partial charge on any atom is -0.504 e. The Labute approximate surface area is 119 Å². The lowest BCUT2D eigenvalue weighted by Gasteiger charge is -1.99. The minimum atomic E-state index is -0.210. The van der Waals surface area contributed by atoms with Gasteiger partial charge in [0.25, 0.3) is 0 Å². The van der Waals surface area contributed by atoms with Crippen molar-refractivity contribution in [3.8, 4) is 11.5 Å². The standard InChI is InChI=1S/C15H11BrO3/c16-12-5-3-11(4-6-12)13(17)7-1-10-2-8-14(18)15(19)9-10/h1-9,18-19H. The van der Waals surface area contributed by atoms with Crippen molar-refractivity contribution in [1.29, 1.82) is 0 Å². The lowest BCUT2D eigenvalue weighted by atomic mass is 10.1. The molecule has 0 spiro atoms. The van der Waals surface area contributed by atoms with Crippen LogP contribution in [0.4, 0.5) is 0 Å². The summed E-state index contributed by atoms with van der Waals surface area (Å²) in [5.74, 6) is -0.519. The third kappa shape index (κ3) is 3.45. The van der Waals surface area contributed by atoms with Gasteiger partial charge in [-0.2, -0.15) is 0 Å². The summed E-state index contributed by atoms with van der Waals surface area (Å²) < 4.78 is 0.913. The van der Waals surface area contributed by atoms with E-state index >= 15 is 0 Å². The average Bonchev–Trinajstić information content (AvgIpc) is 2.40. The van der Waals surface area contributed by atoms with Crippen molar-refractivity contribution in [2.24, 2.45) is 0 Å². The summed E-state index contributed by atoms with van der Waals surface area (Å²) >= 11 is 3.30. The van der Waals surface area contributed by atoms with E-state index in [0.29, 0.717) is 11.1 Å². The SMILES string of the molecule is O=C(C=Cc1ccc(O)c(O)c1)c1ccc(Br)cc1. The molecule has 0 saturated carbocycles. The van der Waals surface area contributed by atoms with Crippen molar-refractivity contribution in [3.05, 3.63) is 64.1 Å². The Hall–Kier alpha value is -2.07. The van der Waals surface area contributed by atoms with Crippen molar-refractivity contribution in [1.82, 2.24) is 0 Å². The molecule has 96 valence electrons. The average molecular weight is 319 g/mol. The van der Waals surface area contributed by atoms with Crippen molar-refractivity contribution in [2.75, 3.05) is 0 Å². The Morgan fingerprint density at radius 1 is 1.00 bits per heavy atom. The van der Waals surface area contributed by atoms with Gasteiger partial charge in [0.15, 0.2) is 17.3 Å². The van der Waals surface area contributed by atoms with Crippen LogP contribution in [0.5, 0.6) is 11.5 Å². The molecule has 2 rings (SSSR count). The molecule has 2 N–H and O–H groups in total. The second-order valence-electron chi connectivity index (χ2n) is 3.95. The largest absolute Gasteiger partial charge is 0.504 e. The highest BCUT2D eigenvalue weighted by Gasteiger charge is 2.02. The molecule has 0 saturated heterocycles. The molecule has 19 heavy (non-hydrogen) atoms. The molecule has 3 nitrogen and oxygen atoms in total. The maximum Gasteiger partial charge on any atom is 0.185 e. The second kappa shape index (κ2) is 5.71. The molecule has 0 aliphatic carbocycles. The fraction of sp³-hybridized carbons (Fsp3) is 0. The Bertz CT molecular complexity index is 630. The molecule has 0 aliphatic heterocycles. The summed E-state index contributed by atoms with van der Waals surface area (Å²) in [6.07, 6.45) is 3.01. The first-order valence-corrected chi connectivity index (χ1v) is 6.35. The molecule has 0 unspecified atom stereocenters. The Morgan fingerprint density at radius 2 is 1.68 bits per heavy atom. The van der Waals surface area contributed by atoms with Crippen molar-refractivity contribution < 1.29 is 15.0 Å². The summed E-state index contributed by atoms with van der Waals surface area (Å²) in [4.78, 5) is 11.9. The predicted molar refractivity (Wildman–Crippen MR) is 77.3 cm³/mol. The lowest BCUT2D eigenvalue weighted by Crippen LogP contribution is -1.93. The van der Waals surface area contributed by atoms with Crippen LogP contribution >= 0.6 is 15.9 Å². The van der Waals surface area contributed by atoms with Gasteiger partial charge in [-0.1, -0.05) is 28.1 Å². The van der Waals surface area contributed by atoms with Crippen molar-refractivity contribution in [2.45, 2.75) is 0 Å². The lowest BCUT2D eigenvalue weighted by molar-refractivity contribution is 0.104. The maximum atomic E-state index is 11.9. The minimum absolute atomic E-state index is 0.125. The molecule has 0 heterocycles. The zero-order chi connectivity index (χ0) is 13.8. The molecule has 0 amide bonds. The van der Waals surface area contributed by atoms with Gasteiger partial charge < -0.3 is 10.2 Å². The Morgan fingerprint density at radius 3 is 2.32 bits per heavy atom. The number of phenols is 2. The Balaban J connectivity index is 2.15. The number of hydrogen-bond acceptors (Lipinski definition) is 3. The number of rotatable bonds is 3. The quantitative estimate of drug-likeness (QED) is 0.514. The highest BCUT2D eigenvalue weighted by molar-refractivity contribution is 9.10. The fourth-order valence-corrected chi connectivity index (χ4v) is 1.79. The fourth-order valence-electron chi connectivity index (χ4n) is 1.53. The van der Waals surface area contributed by atoms with Crippen molar-refractivity contribution in [3.63, 3.8) is 0 Å². The van der Waals surface area contributed by atoms with Crippen LogP contribution in [0.25, 0.3) is 6.08 Å². The van der Waals surface area contributed by atoms with E-state index in [1.165, 1.54) is 18.2 Å². The van der Waals surface area contributed by atoms with Gasteiger partial charge in [-0.05, 0) is 48.0 Å². The zero-order valence-corrected chi connectivity index (χ0v) is 11.5. The first-order chi connectivity index (χ1) is 9.06. The van der Waals surface area contributed by atoms with Gasteiger partial charge in [0.05, 0.1) is 0 Å². The van der Waals surface area contributed by atoms with Crippen LogP contribution < -0.4 is 0 Å². The monoisotopic (exact) mass is 318 g/mol. The van der Waals surface area contributed by atoms with E-state index in [1.54, 1.807) is 36.4 Å². The van der Waals surface area contributed by atoms with Crippen LogP contribution in [0.1, 0.15) is 15.9 Å². The first-order valence-electron chi connectivity index (χ1n) is 5.56. The van der Waals surface area contributed by atoms with Gasteiger partial charge in [-0.25, -0.2) is 0 Å². The van der Waals surface area contributed by atoms with E-state index in [0.717, 1.165) is 4.47 Å². The molecule has 0 fully saturated rings. The van der Waals surface area contributed by atoms with Crippen LogP contribution in [0.15, 0.2) is 53.0 Å². The van der Waals surface area contributed by atoms with Gasteiger partial charge in [0, 0.05) is 10.0 Å². The zero-order valence-electron chi connectivity index (χ0n) is 9.88. The number of aromatic hydroxyl groups is 2. The number of ketones is 1. The molecule has 0 bridgehead atoms. The van der Waals surface area contributed by atoms with Crippen LogP contribution in [0.3, 0.4) is 0 Å². The summed E-state index contributed by atoms with van der Waals surface area (Å²) in [7, 11) is 0. The summed E-state index contributed by atoms with van der Waals surface area (Å²) in [6, 6.07) is 11.4. The van der Waals surface area contributed by atoms with Gasteiger partial charge in [-0.15, -0.1) is 0 Å². The predicted octanol–water partition coefficient (Wildman–Crippen LogP) is 3.76. The molecule has 0 aromatic heterocycles. The van der Waals surface area contributed by atoms with Crippen LogP contribution in [0, 0.1) is 0 Å². The Kier molecular flexibility index (Phi) is 4.02. The molecular formula is C15H11BrO3. The molecule has 2 aromatic rings. The number of carbonyl (C=O) groups excluding carboxylic acids is 1. The number of halogens is 1. The van der Waals surface area contributed by atoms with Crippen LogP contribution in [0.2, 0.25) is 0 Å². The van der Waals surface area contributed by atoms with Crippen molar-refractivity contribution >= 4 is 27.8 Å². The number of phenolic OH excluding ortho intramolecular Hbond substituents is 2. The van der Waals surface area contributed by atoms with E-state index in [1.807, 2.05) is 0 Å². The smallest absolute Gasteiger partial charge is 0.185 e. The summed E-state index contributed by atoms with van der Waals surface area (Å²) in [5, 5.41) is 18.5. The van der Waals surface area contributed by atoms with E-state index in [4.69, 9.17) is 0 Å².